The summed E-state index contributed by atoms with van der Waals surface area (Å²) in [5.41, 5.74) is 5.26. The Bertz CT molecular complexity index is 1320. The van der Waals surface area contributed by atoms with Crippen LogP contribution in [-0.4, -0.2) is 18.2 Å². The van der Waals surface area contributed by atoms with Gasteiger partial charge in [0, 0.05) is 11.0 Å². The minimum Gasteiger partial charge on any atom is -0.497 e. The second-order valence-corrected chi connectivity index (χ2v) is 11.2. The van der Waals surface area contributed by atoms with E-state index < -0.39 is 5.97 Å². The quantitative estimate of drug-likeness (QED) is 0.404. The molecule has 1 spiro atoms. The predicted octanol–water partition coefficient (Wildman–Crippen LogP) is 7.06. The van der Waals surface area contributed by atoms with Gasteiger partial charge in [0.15, 0.2) is 0 Å². The van der Waals surface area contributed by atoms with Gasteiger partial charge in [-0.3, -0.25) is 4.79 Å². The third-order valence-electron chi connectivity index (χ3n) is 8.06. The lowest BCUT2D eigenvalue weighted by Gasteiger charge is -2.45. The smallest absolute Gasteiger partial charge is 0.307 e. The number of carboxylic acid groups (broad SMARTS) is 1. The van der Waals surface area contributed by atoms with E-state index in [9.17, 15) is 14.3 Å². The highest BCUT2D eigenvalue weighted by Gasteiger charge is 2.54. The number of methoxy groups -OCH3 is 1. The molecule has 2 aliphatic carbocycles. The zero-order valence-electron chi connectivity index (χ0n) is 21.4. The van der Waals surface area contributed by atoms with Crippen molar-refractivity contribution in [3.63, 3.8) is 0 Å². The van der Waals surface area contributed by atoms with Crippen LogP contribution < -0.4 is 9.47 Å². The molecular weight excluding hydrogens is 455 g/mol. The molecule has 1 fully saturated rings. The number of carbonyl (C=O) groups is 1. The Morgan fingerprint density at radius 3 is 2.47 bits per heavy atom. The summed E-state index contributed by atoms with van der Waals surface area (Å²) in [7, 11) is 1.58. The number of aliphatic carboxylic acids is 1. The first-order chi connectivity index (χ1) is 17.1. The summed E-state index contributed by atoms with van der Waals surface area (Å²) >= 11 is 0. The summed E-state index contributed by atoms with van der Waals surface area (Å²) in [6, 6.07) is 17.0. The Balaban J connectivity index is 1.44. The number of hydrogen-bond acceptors (Lipinski definition) is 3. The van der Waals surface area contributed by atoms with Crippen LogP contribution in [-0.2, 0) is 28.7 Å². The maximum absolute atomic E-state index is 14.9. The summed E-state index contributed by atoms with van der Waals surface area (Å²) in [4.78, 5) is 11.8. The van der Waals surface area contributed by atoms with Crippen molar-refractivity contribution in [2.75, 3.05) is 7.11 Å². The highest BCUT2D eigenvalue weighted by molar-refractivity contribution is 5.75. The van der Waals surface area contributed by atoms with Crippen molar-refractivity contribution in [1.82, 2.24) is 0 Å². The van der Waals surface area contributed by atoms with Gasteiger partial charge >= 0.3 is 5.97 Å². The number of hydrogen-bond donors (Lipinski definition) is 1. The van der Waals surface area contributed by atoms with Gasteiger partial charge in [-0.15, -0.1) is 0 Å². The standard InChI is InChI=1S/C31H33FO4/c1-30(2,3)25-9-5-19(15-23(25)24-16-21(35-4)8-10-28(24)32)18-36-22-7-6-20-11-13-31(27(20)17-22)14-12-26(31)29(33)34/h5-10,15-17,26H,11-14,18H2,1-4H3,(H,33,34). The molecule has 2 aliphatic rings. The van der Waals surface area contributed by atoms with Gasteiger partial charge in [-0.25, -0.2) is 4.39 Å². The molecular formula is C31H33FO4. The topological polar surface area (TPSA) is 55.8 Å². The zero-order valence-corrected chi connectivity index (χ0v) is 21.4. The first kappa shape index (κ1) is 24.4. The third-order valence-corrected chi connectivity index (χ3v) is 8.06. The largest absolute Gasteiger partial charge is 0.497 e. The molecule has 36 heavy (non-hydrogen) atoms. The fourth-order valence-corrected chi connectivity index (χ4v) is 6.00. The van der Waals surface area contributed by atoms with E-state index in [2.05, 4.69) is 32.9 Å². The molecule has 0 radical (unpaired) electrons. The fraction of sp³-hybridized carbons (Fsp3) is 0.387. The molecule has 3 aromatic rings. The molecule has 0 saturated heterocycles. The van der Waals surface area contributed by atoms with E-state index in [0.29, 0.717) is 17.9 Å². The molecule has 2 unspecified atom stereocenters. The zero-order chi connectivity index (χ0) is 25.7. The Kier molecular flexibility index (Phi) is 6.06. The highest BCUT2D eigenvalue weighted by atomic mass is 19.1. The SMILES string of the molecule is COc1ccc(F)c(-c2cc(COc3ccc4c(c3)C3(CC4)CCC3C(=O)O)ccc2C(C)(C)C)c1. The van der Waals surface area contributed by atoms with E-state index in [1.54, 1.807) is 19.2 Å². The van der Waals surface area contributed by atoms with Crippen molar-refractivity contribution in [2.45, 2.75) is 63.9 Å². The minimum atomic E-state index is -0.698. The average molecular weight is 489 g/mol. The van der Waals surface area contributed by atoms with Crippen LogP contribution in [0.15, 0.2) is 54.6 Å². The summed E-state index contributed by atoms with van der Waals surface area (Å²) in [5, 5.41) is 9.69. The molecule has 0 aromatic heterocycles. The van der Waals surface area contributed by atoms with Gasteiger partial charge in [-0.05, 0) is 95.3 Å². The van der Waals surface area contributed by atoms with Crippen molar-refractivity contribution in [3.8, 4) is 22.6 Å². The minimum absolute atomic E-state index is 0.179. The lowest BCUT2D eigenvalue weighted by atomic mass is 9.57. The van der Waals surface area contributed by atoms with E-state index in [1.165, 1.54) is 11.6 Å². The van der Waals surface area contributed by atoms with Crippen LogP contribution in [0, 0.1) is 11.7 Å². The number of rotatable bonds is 6. The molecule has 3 aromatic carbocycles. The number of carboxylic acids is 1. The molecule has 188 valence electrons. The van der Waals surface area contributed by atoms with Gasteiger partial charge in [0.25, 0.3) is 0 Å². The van der Waals surface area contributed by atoms with Gasteiger partial charge in [-0.1, -0.05) is 39.0 Å². The summed E-state index contributed by atoms with van der Waals surface area (Å²) in [6.45, 7) is 6.68. The van der Waals surface area contributed by atoms with Gasteiger partial charge in [-0.2, -0.15) is 0 Å². The van der Waals surface area contributed by atoms with E-state index in [0.717, 1.165) is 53.7 Å². The molecule has 0 amide bonds. The Labute approximate surface area is 212 Å². The number of aryl methyl sites for hydroxylation is 1. The van der Waals surface area contributed by atoms with Gasteiger partial charge in [0.2, 0.25) is 0 Å². The molecule has 1 N–H and O–H groups in total. The molecule has 1 saturated carbocycles. The normalized spacial score (nSPS) is 20.6. The van der Waals surface area contributed by atoms with Crippen molar-refractivity contribution in [3.05, 3.63) is 82.7 Å². The fourth-order valence-electron chi connectivity index (χ4n) is 6.00. The molecule has 0 heterocycles. The Morgan fingerprint density at radius 1 is 1.03 bits per heavy atom. The third kappa shape index (κ3) is 4.15. The van der Waals surface area contributed by atoms with Crippen LogP contribution in [0.2, 0.25) is 0 Å². The van der Waals surface area contributed by atoms with Crippen molar-refractivity contribution < 1.29 is 23.8 Å². The summed E-state index contributed by atoms with van der Waals surface area (Å²) < 4.78 is 26.5. The van der Waals surface area contributed by atoms with Crippen LogP contribution in [0.1, 0.15) is 62.3 Å². The van der Waals surface area contributed by atoms with Gasteiger partial charge < -0.3 is 14.6 Å². The van der Waals surface area contributed by atoms with Gasteiger partial charge in [0.05, 0.1) is 13.0 Å². The van der Waals surface area contributed by atoms with Crippen LogP contribution in [0.5, 0.6) is 11.5 Å². The molecule has 0 aliphatic heterocycles. The van der Waals surface area contributed by atoms with Crippen molar-refractivity contribution >= 4 is 5.97 Å². The average Bonchev–Trinajstić information content (AvgIpc) is 3.22. The molecule has 5 rings (SSSR count). The number of ether oxygens (including phenoxy) is 2. The Hall–Kier alpha value is -3.34. The van der Waals surface area contributed by atoms with E-state index in [1.807, 2.05) is 24.3 Å². The van der Waals surface area contributed by atoms with Crippen LogP contribution >= 0.6 is 0 Å². The Morgan fingerprint density at radius 2 is 1.81 bits per heavy atom. The van der Waals surface area contributed by atoms with Crippen LogP contribution in [0.4, 0.5) is 4.39 Å². The van der Waals surface area contributed by atoms with Crippen molar-refractivity contribution in [2.24, 2.45) is 5.92 Å². The number of halogens is 1. The van der Waals surface area contributed by atoms with E-state index in [4.69, 9.17) is 9.47 Å². The first-order valence-corrected chi connectivity index (χ1v) is 12.6. The molecule has 0 bridgehead atoms. The van der Waals surface area contributed by atoms with E-state index >= 15 is 0 Å². The molecule has 2 atom stereocenters. The van der Waals surface area contributed by atoms with Crippen LogP contribution in [0.25, 0.3) is 11.1 Å². The van der Waals surface area contributed by atoms with Gasteiger partial charge in [0.1, 0.15) is 23.9 Å². The lowest BCUT2D eigenvalue weighted by molar-refractivity contribution is -0.149. The highest BCUT2D eigenvalue weighted by Crippen LogP contribution is 2.57. The number of benzene rings is 3. The lowest BCUT2D eigenvalue weighted by Crippen LogP contribution is -2.46. The maximum atomic E-state index is 14.9. The van der Waals surface area contributed by atoms with Crippen molar-refractivity contribution in [1.29, 1.82) is 0 Å². The van der Waals surface area contributed by atoms with Crippen LogP contribution in [0.3, 0.4) is 0 Å². The second kappa shape index (κ2) is 8.95. The van der Waals surface area contributed by atoms with E-state index in [-0.39, 0.29) is 22.6 Å². The summed E-state index contributed by atoms with van der Waals surface area (Å²) in [6.07, 6.45) is 3.48. The monoisotopic (exact) mass is 488 g/mol. The summed E-state index contributed by atoms with van der Waals surface area (Å²) in [5.74, 6) is 0.0448. The first-order valence-electron chi connectivity index (χ1n) is 12.6. The molecule has 5 heteroatoms. The molecule has 4 nitrogen and oxygen atoms in total. The maximum Gasteiger partial charge on any atom is 0.307 e. The predicted molar refractivity (Wildman–Crippen MR) is 138 cm³/mol. The second-order valence-electron chi connectivity index (χ2n) is 11.2. The number of fused-ring (bicyclic) bond motifs is 2.